The first-order chi connectivity index (χ1) is 8.72. The second-order valence-corrected chi connectivity index (χ2v) is 3.83. The fraction of sp³-hybridized carbons (Fsp3) is 0.143. The first-order valence-corrected chi connectivity index (χ1v) is 5.73. The summed E-state index contributed by atoms with van der Waals surface area (Å²) in [4.78, 5) is 15.4. The lowest BCUT2D eigenvalue weighted by atomic mass is 10.1. The van der Waals surface area contributed by atoms with Gasteiger partial charge in [0.2, 0.25) is 0 Å². The zero-order valence-corrected chi connectivity index (χ0v) is 10.1. The molecule has 0 saturated carbocycles. The Hall–Kier alpha value is -2.36. The van der Waals surface area contributed by atoms with Gasteiger partial charge in [-0.25, -0.2) is 9.78 Å². The molecule has 0 bridgehead atoms. The summed E-state index contributed by atoms with van der Waals surface area (Å²) in [5, 5.41) is 9.29. The van der Waals surface area contributed by atoms with Crippen LogP contribution in [-0.4, -0.2) is 20.6 Å². The lowest BCUT2D eigenvalue weighted by molar-refractivity contribution is -0.130. The van der Waals surface area contributed by atoms with Gasteiger partial charge in [-0.3, -0.25) is 0 Å². The van der Waals surface area contributed by atoms with Gasteiger partial charge < -0.3 is 9.67 Å². The highest BCUT2D eigenvalue weighted by molar-refractivity contribution is 6.20. The van der Waals surface area contributed by atoms with Gasteiger partial charge in [0.1, 0.15) is 0 Å². The molecule has 18 heavy (non-hydrogen) atoms. The molecule has 0 spiro atoms. The summed E-state index contributed by atoms with van der Waals surface area (Å²) in [6.07, 6.45) is 5.00. The highest BCUT2D eigenvalue weighted by Gasteiger charge is 2.11. The minimum Gasteiger partial charge on any atom is -0.478 e. The molecule has 0 amide bonds. The predicted molar refractivity (Wildman–Crippen MR) is 69.8 cm³/mol. The Morgan fingerprint density at radius 1 is 1.39 bits per heavy atom. The summed E-state index contributed by atoms with van der Waals surface area (Å²) in [5.74, 6) is -0.940. The summed E-state index contributed by atoms with van der Waals surface area (Å²) in [6.45, 7) is 2.75. The van der Waals surface area contributed by atoms with E-state index in [0.717, 1.165) is 12.2 Å². The fourth-order valence-electron chi connectivity index (χ4n) is 1.75. The molecule has 0 unspecified atom stereocenters. The lowest BCUT2D eigenvalue weighted by Crippen LogP contribution is -2.01. The zero-order chi connectivity index (χ0) is 13.0. The maximum absolute atomic E-state index is 11.3. The minimum absolute atomic E-state index is 0.269. The Bertz CT molecular complexity index is 570. The van der Waals surface area contributed by atoms with Crippen molar-refractivity contribution in [3.05, 3.63) is 54.1 Å². The van der Waals surface area contributed by atoms with E-state index >= 15 is 0 Å². The quantitative estimate of drug-likeness (QED) is 0.838. The van der Waals surface area contributed by atoms with Crippen LogP contribution in [0.1, 0.15) is 18.2 Å². The number of hydrogen-bond donors (Lipinski definition) is 1. The van der Waals surface area contributed by atoms with E-state index in [1.54, 1.807) is 30.7 Å². The number of carboxylic acid groups (broad SMARTS) is 1. The van der Waals surface area contributed by atoms with E-state index < -0.39 is 5.97 Å². The van der Waals surface area contributed by atoms with Crippen molar-refractivity contribution < 1.29 is 9.90 Å². The Morgan fingerprint density at radius 2 is 2.11 bits per heavy atom. The number of aliphatic carboxylic acids is 1. The Balaban J connectivity index is 2.46. The third kappa shape index (κ3) is 2.48. The van der Waals surface area contributed by atoms with Crippen molar-refractivity contribution >= 4 is 17.6 Å². The van der Waals surface area contributed by atoms with E-state index in [1.807, 2.05) is 29.7 Å². The molecule has 4 nitrogen and oxygen atoms in total. The summed E-state index contributed by atoms with van der Waals surface area (Å²) in [7, 11) is 0. The van der Waals surface area contributed by atoms with E-state index in [2.05, 4.69) is 4.98 Å². The molecule has 0 atom stereocenters. The lowest BCUT2D eigenvalue weighted by Gasteiger charge is -2.04. The summed E-state index contributed by atoms with van der Waals surface area (Å²) < 4.78 is 1.89. The highest BCUT2D eigenvalue weighted by atomic mass is 16.4. The van der Waals surface area contributed by atoms with Gasteiger partial charge in [-0.1, -0.05) is 30.3 Å². The summed E-state index contributed by atoms with van der Waals surface area (Å²) in [6, 6.07) is 9.07. The van der Waals surface area contributed by atoms with Crippen LogP contribution in [0.5, 0.6) is 0 Å². The molecule has 92 valence electrons. The average Bonchev–Trinajstić information content (AvgIpc) is 2.83. The smallest absolute Gasteiger partial charge is 0.336 e. The van der Waals surface area contributed by atoms with Crippen LogP contribution in [-0.2, 0) is 11.3 Å². The van der Waals surface area contributed by atoms with Crippen molar-refractivity contribution in [1.82, 2.24) is 9.55 Å². The maximum Gasteiger partial charge on any atom is 0.336 e. The third-order valence-corrected chi connectivity index (χ3v) is 2.69. The van der Waals surface area contributed by atoms with Gasteiger partial charge in [0, 0.05) is 6.54 Å². The third-order valence-electron chi connectivity index (χ3n) is 2.69. The minimum atomic E-state index is -0.940. The fourth-order valence-corrected chi connectivity index (χ4v) is 1.75. The number of rotatable bonds is 4. The molecular weight excluding hydrogens is 228 g/mol. The standard InChI is InChI=1S/C14H14N2O2/c1-2-16-10-15-9-12(16)8-13(14(17)18)11-6-4-3-5-7-11/h3-10H,2H2,1H3,(H,17,18). The van der Waals surface area contributed by atoms with Crippen LogP contribution in [0, 0.1) is 0 Å². The van der Waals surface area contributed by atoms with E-state index in [1.165, 1.54) is 0 Å². The van der Waals surface area contributed by atoms with Crippen LogP contribution in [0.25, 0.3) is 11.6 Å². The van der Waals surface area contributed by atoms with Crippen molar-refractivity contribution in [3.63, 3.8) is 0 Å². The van der Waals surface area contributed by atoms with Gasteiger partial charge in [-0.15, -0.1) is 0 Å². The summed E-state index contributed by atoms with van der Waals surface area (Å²) >= 11 is 0. The number of benzene rings is 1. The predicted octanol–water partition coefficient (Wildman–Crippen LogP) is 2.53. The van der Waals surface area contributed by atoms with Crippen LogP contribution >= 0.6 is 0 Å². The summed E-state index contributed by atoms with van der Waals surface area (Å²) in [5.41, 5.74) is 1.75. The first-order valence-electron chi connectivity index (χ1n) is 5.73. The Morgan fingerprint density at radius 3 is 2.72 bits per heavy atom. The molecule has 0 aliphatic rings. The molecule has 0 aliphatic heterocycles. The van der Waals surface area contributed by atoms with E-state index in [9.17, 15) is 9.90 Å². The number of hydrogen-bond acceptors (Lipinski definition) is 2. The second kappa shape index (κ2) is 5.31. The number of nitrogens with zero attached hydrogens (tertiary/aromatic N) is 2. The van der Waals surface area contributed by atoms with E-state index in [4.69, 9.17) is 0 Å². The number of aromatic nitrogens is 2. The van der Waals surface area contributed by atoms with Gasteiger partial charge in [-0.05, 0) is 18.6 Å². The van der Waals surface area contributed by atoms with Gasteiger partial charge in [0.05, 0.1) is 23.8 Å². The average molecular weight is 242 g/mol. The van der Waals surface area contributed by atoms with Crippen LogP contribution in [0.3, 0.4) is 0 Å². The second-order valence-electron chi connectivity index (χ2n) is 3.83. The maximum atomic E-state index is 11.3. The SMILES string of the molecule is CCn1cncc1C=C(C(=O)O)c1ccccc1. The van der Waals surface area contributed by atoms with Crippen molar-refractivity contribution in [2.24, 2.45) is 0 Å². The van der Waals surface area contributed by atoms with Gasteiger partial charge >= 0.3 is 5.97 Å². The van der Waals surface area contributed by atoms with Gasteiger partial charge in [0.25, 0.3) is 0 Å². The van der Waals surface area contributed by atoms with E-state index in [0.29, 0.717) is 5.56 Å². The van der Waals surface area contributed by atoms with Gasteiger partial charge in [-0.2, -0.15) is 0 Å². The Kier molecular flexibility index (Phi) is 3.57. The topological polar surface area (TPSA) is 55.1 Å². The normalized spacial score (nSPS) is 11.5. The number of carboxylic acids is 1. The number of aryl methyl sites for hydroxylation is 1. The largest absolute Gasteiger partial charge is 0.478 e. The molecule has 1 aromatic heterocycles. The molecule has 0 fully saturated rings. The molecule has 1 aromatic carbocycles. The molecule has 2 rings (SSSR count). The van der Waals surface area contributed by atoms with Crippen LogP contribution in [0.4, 0.5) is 0 Å². The van der Waals surface area contributed by atoms with Crippen molar-refractivity contribution in [2.75, 3.05) is 0 Å². The molecule has 0 aliphatic carbocycles. The monoisotopic (exact) mass is 242 g/mol. The molecule has 4 heteroatoms. The number of imidazole rings is 1. The highest BCUT2D eigenvalue weighted by Crippen LogP contribution is 2.18. The molecular formula is C14H14N2O2. The molecule has 2 aromatic rings. The van der Waals surface area contributed by atoms with Crippen LogP contribution in [0.2, 0.25) is 0 Å². The molecule has 0 radical (unpaired) electrons. The van der Waals surface area contributed by atoms with Gasteiger partial charge in [0.15, 0.2) is 0 Å². The Labute approximate surface area is 105 Å². The number of carbonyl (C=O) groups is 1. The zero-order valence-electron chi connectivity index (χ0n) is 10.1. The van der Waals surface area contributed by atoms with Crippen molar-refractivity contribution in [1.29, 1.82) is 0 Å². The van der Waals surface area contributed by atoms with Crippen LogP contribution in [0.15, 0.2) is 42.9 Å². The van der Waals surface area contributed by atoms with Crippen LogP contribution < -0.4 is 0 Å². The van der Waals surface area contributed by atoms with Crippen molar-refractivity contribution in [3.8, 4) is 0 Å². The molecule has 0 saturated heterocycles. The molecule has 1 heterocycles. The van der Waals surface area contributed by atoms with E-state index in [-0.39, 0.29) is 5.57 Å². The first kappa shape index (κ1) is 12.1. The van der Waals surface area contributed by atoms with Crippen molar-refractivity contribution in [2.45, 2.75) is 13.5 Å². The molecule has 1 N–H and O–H groups in total.